The first-order chi connectivity index (χ1) is 8.59. The Hall–Kier alpha value is -1.35. The summed E-state index contributed by atoms with van der Waals surface area (Å²) in [6, 6.07) is 4.07. The molecule has 1 fully saturated rings. The molecular formula is C15H22N2O. The van der Waals surface area contributed by atoms with Gasteiger partial charge in [0.15, 0.2) is 0 Å². The fraction of sp³-hybridized carbons (Fsp3) is 0.533. The number of carbonyl (C=O) groups is 1. The van der Waals surface area contributed by atoms with Crippen LogP contribution in [0.2, 0.25) is 0 Å². The van der Waals surface area contributed by atoms with Crippen LogP contribution in [0.15, 0.2) is 12.1 Å². The summed E-state index contributed by atoms with van der Waals surface area (Å²) in [5, 5.41) is 6.34. The lowest BCUT2D eigenvalue weighted by Gasteiger charge is -2.22. The van der Waals surface area contributed by atoms with Gasteiger partial charge in [-0.15, -0.1) is 0 Å². The van der Waals surface area contributed by atoms with Crippen molar-refractivity contribution in [2.75, 3.05) is 18.4 Å². The minimum Gasteiger partial charge on any atom is -0.326 e. The predicted octanol–water partition coefficient (Wildman–Crippen LogP) is 2.55. The summed E-state index contributed by atoms with van der Waals surface area (Å²) in [7, 11) is 0. The van der Waals surface area contributed by atoms with Gasteiger partial charge in [-0.2, -0.15) is 0 Å². The first-order valence-electron chi connectivity index (χ1n) is 6.68. The van der Waals surface area contributed by atoms with Crippen LogP contribution in [0.5, 0.6) is 0 Å². The van der Waals surface area contributed by atoms with E-state index in [9.17, 15) is 4.79 Å². The molecule has 18 heavy (non-hydrogen) atoms. The topological polar surface area (TPSA) is 41.1 Å². The zero-order valence-corrected chi connectivity index (χ0v) is 11.5. The Morgan fingerprint density at radius 1 is 1.28 bits per heavy atom. The molecule has 1 unspecified atom stereocenters. The van der Waals surface area contributed by atoms with Crippen LogP contribution in [0.25, 0.3) is 0 Å². The molecule has 1 saturated heterocycles. The third-order valence-electron chi connectivity index (χ3n) is 3.98. The molecule has 0 aliphatic carbocycles. The molecule has 0 saturated carbocycles. The van der Waals surface area contributed by atoms with E-state index in [1.807, 2.05) is 6.07 Å². The van der Waals surface area contributed by atoms with Gasteiger partial charge in [-0.1, -0.05) is 6.07 Å². The molecule has 1 aromatic rings. The number of amides is 1. The van der Waals surface area contributed by atoms with Crippen LogP contribution < -0.4 is 10.6 Å². The molecule has 1 aromatic carbocycles. The van der Waals surface area contributed by atoms with E-state index < -0.39 is 0 Å². The predicted molar refractivity (Wildman–Crippen MR) is 74.9 cm³/mol. The molecule has 1 aliphatic heterocycles. The lowest BCUT2D eigenvalue weighted by Crippen LogP contribution is -2.37. The van der Waals surface area contributed by atoms with Gasteiger partial charge in [0.2, 0.25) is 5.91 Å². The Bertz CT molecular complexity index is 448. The molecule has 2 N–H and O–H groups in total. The minimum absolute atomic E-state index is 0.111. The van der Waals surface area contributed by atoms with E-state index in [4.69, 9.17) is 0 Å². The second-order valence-corrected chi connectivity index (χ2v) is 5.21. The molecular weight excluding hydrogens is 224 g/mol. The van der Waals surface area contributed by atoms with Gasteiger partial charge in [0.05, 0.1) is 5.92 Å². The molecule has 0 aromatic heterocycles. The number of benzene rings is 1. The molecule has 2 rings (SSSR count). The lowest BCUT2D eigenvalue weighted by molar-refractivity contribution is -0.120. The summed E-state index contributed by atoms with van der Waals surface area (Å²) in [5.41, 5.74) is 4.65. The molecule has 0 bridgehead atoms. The zero-order chi connectivity index (χ0) is 13.1. The minimum atomic E-state index is 0.111. The average Bonchev–Trinajstić information content (AvgIpc) is 2.40. The fourth-order valence-corrected chi connectivity index (χ4v) is 2.40. The van der Waals surface area contributed by atoms with Crippen LogP contribution in [0.3, 0.4) is 0 Å². The van der Waals surface area contributed by atoms with E-state index in [-0.39, 0.29) is 11.8 Å². The lowest BCUT2D eigenvalue weighted by atomic mass is 9.98. The van der Waals surface area contributed by atoms with Gasteiger partial charge in [0.25, 0.3) is 0 Å². The summed E-state index contributed by atoms with van der Waals surface area (Å²) in [6.45, 7) is 8.10. The molecule has 3 heteroatoms. The number of anilines is 1. The molecule has 1 amide bonds. The van der Waals surface area contributed by atoms with E-state index >= 15 is 0 Å². The van der Waals surface area contributed by atoms with Crippen molar-refractivity contribution in [3.05, 3.63) is 28.8 Å². The second-order valence-electron chi connectivity index (χ2n) is 5.21. The van der Waals surface area contributed by atoms with Crippen LogP contribution in [-0.2, 0) is 4.79 Å². The molecule has 1 atom stereocenters. The van der Waals surface area contributed by atoms with Crippen molar-refractivity contribution in [3.63, 3.8) is 0 Å². The van der Waals surface area contributed by atoms with Crippen LogP contribution in [0.4, 0.5) is 5.69 Å². The SMILES string of the molecule is Cc1ccc(NC(=O)C2CCCNC2)c(C)c1C. The molecule has 3 nitrogen and oxygen atoms in total. The Labute approximate surface area is 109 Å². The number of carbonyl (C=O) groups excluding carboxylic acids is 1. The Morgan fingerprint density at radius 3 is 2.72 bits per heavy atom. The van der Waals surface area contributed by atoms with Crippen LogP contribution in [-0.4, -0.2) is 19.0 Å². The normalized spacial score (nSPS) is 19.6. The Morgan fingerprint density at radius 2 is 2.06 bits per heavy atom. The number of hydrogen-bond acceptors (Lipinski definition) is 2. The van der Waals surface area contributed by atoms with Crippen LogP contribution in [0.1, 0.15) is 29.5 Å². The van der Waals surface area contributed by atoms with Crippen molar-refractivity contribution in [2.45, 2.75) is 33.6 Å². The highest BCUT2D eigenvalue weighted by molar-refractivity contribution is 5.93. The van der Waals surface area contributed by atoms with Crippen molar-refractivity contribution < 1.29 is 4.79 Å². The molecule has 0 spiro atoms. The van der Waals surface area contributed by atoms with Crippen molar-refractivity contribution in [1.29, 1.82) is 0 Å². The van der Waals surface area contributed by atoms with Gasteiger partial charge in [0, 0.05) is 12.2 Å². The molecule has 0 radical (unpaired) electrons. The van der Waals surface area contributed by atoms with Gasteiger partial charge >= 0.3 is 0 Å². The molecule has 1 heterocycles. The number of rotatable bonds is 2. The largest absolute Gasteiger partial charge is 0.326 e. The highest BCUT2D eigenvalue weighted by atomic mass is 16.1. The average molecular weight is 246 g/mol. The third-order valence-corrected chi connectivity index (χ3v) is 3.98. The Balaban J connectivity index is 2.09. The zero-order valence-electron chi connectivity index (χ0n) is 11.5. The second kappa shape index (κ2) is 5.53. The maximum Gasteiger partial charge on any atom is 0.228 e. The van der Waals surface area contributed by atoms with Gasteiger partial charge in [-0.3, -0.25) is 4.79 Å². The van der Waals surface area contributed by atoms with E-state index in [0.717, 1.165) is 31.6 Å². The summed E-state index contributed by atoms with van der Waals surface area (Å²) in [6.07, 6.45) is 2.08. The monoisotopic (exact) mass is 246 g/mol. The Kier molecular flexibility index (Phi) is 4.02. The standard InChI is InChI=1S/C15H22N2O/c1-10-6-7-14(12(3)11(10)2)17-15(18)13-5-4-8-16-9-13/h6-7,13,16H,4-5,8-9H2,1-3H3,(H,17,18). The maximum absolute atomic E-state index is 12.2. The smallest absolute Gasteiger partial charge is 0.228 e. The van der Waals surface area contributed by atoms with Crippen LogP contribution >= 0.6 is 0 Å². The first-order valence-corrected chi connectivity index (χ1v) is 6.68. The summed E-state index contributed by atoms with van der Waals surface area (Å²) in [4.78, 5) is 12.2. The van der Waals surface area contributed by atoms with Gasteiger partial charge in [0.1, 0.15) is 0 Å². The maximum atomic E-state index is 12.2. The van der Waals surface area contributed by atoms with Crippen molar-refractivity contribution in [1.82, 2.24) is 5.32 Å². The first kappa shape index (κ1) is 13.1. The van der Waals surface area contributed by atoms with Crippen molar-refractivity contribution in [3.8, 4) is 0 Å². The summed E-state index contributed by atoms with van der Waals surface area (Å²) in [5.74, 6) is 0.258. The highest BCUT2D eigenvalue weighted by Gasteiger charge is 2.21. The van der Waals surface area contributed by atoms with E-state index in [2.05, 4.69) is 37.5 Å². The number of nitrogens with one attached hydrogen (secondary N) is 2. The quantitative estimate of drug-likeness (QED) is 0.842. The van der Waals surface area contributed by atoms with Crippen molar-refractivity contribution >= 4 is 11.6 Å². The van der Waals surface area contributed by atoms with Gasteiger partial charge < -0.3 is 10.6 Å². The molecule has 98 valence electrons. The number of aryl methyl sites for hydroxylation is 1. The number of piperidine rings is 1. The third kappa shape index (κ3) is 2.72. The fourth-order valence-electron chi connectivity index (χ4n) is 2.40. The summed E-state index contributed by atoms with van der Waals surface area (Å²) < 4.78 is 0. The van der Waals surface area contributed by atoms with Gasteiger partial charge in [-0.05, 0) is 62.9 Å². The van der Waals surface area contributed by atoms with Crippen LogP contribution in [0, 0.1) is 26.7 Å². The van der Waals surface area contributed by atoms with E-state index in [0.29, 0.717) is 0 Å². The van der Waals surface area contributed by atoms with E-state index in [1.165, 1.54) is 16.7 Å². The van der Waals surface area contributed by atoms with Crippen molar-refractivity contribution in [2.24, 2.45) is 5.92 Å². The summed E-state index contributed by atoms with van der Waals surface area (Å²) >= 11 is 0. The number of hydrogen-bond donors (Lipinski definition) is 2. The van der Waals surface area contributed by atoms with E-state index in [1.54, 1.807) is 0 Å². The highest BCUT2D eigenvalue weighted by Crippen LogP contribution is 2.22. The van der Waals surface area contributed by atoms with Gasteiger partial charge in [-0.25, -0.2) is 0 Å². The molecule has 1 aliphatic rings.